The minimum absolute atomic E-state index is 0.00675. The fraction of sp³-hybridized carbons (Fsp3) is 0.682. The fourth-order valence-electron chi connectivity index (χ4n) is 4.60. The Morgan fingerprint density at radius 2 is 1.68 bits per heavy atom. The van der Waals surface area contributed by atoms with Crippen LogP contribution in [-0.4, -0.2) is 38.7 Å². The van der Waals surface area contributed by atoms with Gasteiger partial charge in [-0.25, -0.2) is 8.42 Å². The van der Waals surface area contributed by atoms with E-state index in [1.165, 1.54) is 12.5 Å². The summed E-state index contributed by atoms with van der Waals surface area (Å²) >= 11 is 0. The summed E-state index contributed by atoms with van der Waals surface area (Å²) in [5, 5.41) is 5.56. The Labute approximate surface area is 182 Å². The molecule has 1 aromatic rings. The summed E-state index contributed by atoms with van der Waals surface area (Å²) in [5.74, 6) is 0.253. The second-order valence-electron chi connectivity index (χ2n) is 8.75. The summed E-state index contributed by atoms with van der Waals surface area (Å²) in [6, 6.07) is 4.27. The zero-order valence-electron chi connectivity index (χ0n) is 17.6. The molecule has 3 rings (SSSR count). The Bertz CT molecular complexity index is 844. The van der Waals surface area contributed by atoms with Crippen molar-refractivity contribution in [2.75, 3.05) is 13.1 Å². The average molecular weight is 461 g/mol. The second kappa shape index (κ2) is 10.3. The summed E-state index contributed by atoms with van der Waals surface area (Å²) < 4.78 is 64.4. The number of alkyl halides is 3. The lowest BCUT2D eigenvalue weighted by Crippen LogP contribution is -2.42. The first-order valence-corrected chi connectivity index (χ1v) is 12.6. The normalized spacial score (nSPS) is 23.5. The van der Waals surface area contributed by atoms with Gasteiger partial charge >= 0.3 is 6.18 Å². The van der Waals surface area contributed by atoms with Gasteiger partial charge in [0, 0.05) is 6.04 Å². The SMILES string of the molecule is O=C(CNCC1CCC(S(=O)(=O)c2cccc(C(F)(F)F)c2)CC1)NC1CCCCC1. The van der Waals surface area contributed by atoms with Crippen LogP contribution in [0.5, 0.6) is 0 Å². The van der Waals surface area contributed by atoms with E-state index < -0.39 is 26.8 Å². The molecule has 2 saturated carbocycles. The molecule has 0 aromatic heterocycles. The van der Waals surface area contributed by atoms with E-state index in [1.807, 2.05) is 0 Å². The monoisotopic (exact) mass is 460 g/mol. The molecular weight excluding hydrogens is 429 g/mol. The molecule has 9 heteroatoms. The standard InChI is InChI=1S/C22H31F3N2O3S/c23-22(24,25)17-5-4-8-20(13-17)31(29,30)19-11-9-16(10-12-19)14-26-15-21(28)27-18-6-2-1-3-7-18/h4-5,8,13,16,18-19,26H,1-3,6-7,9-12,14-15H2,(H,27,28). The Balaban J connectivity index is 1.44. The molecule has 2 fully saturated rings. The van der Waals surface area contributed by atoms with Gasteiger partial charge in [-0.3, -0.25) is 4.79 Å². The van der Waals surface area contributed by atoms with Gasteiger partial charge in [0.1, 0.15) is 0 Å². The molecule has 0 aliphatic heterocycles. The molecule has 5 nitrogen and oxygen atoms in total. The molecule has 0 unspecified atom stereocenters. The zero-order chi connectivity index (χ0) is 22.5. The van der Waals surface area contributed by atoms with Crippen molar-refractivity contribution in [3.8, 4) is 0 Å². The van der Waals surface area contributed by atoms with E-state index in [1.54, 1.807) is 0 Å². The molecule has 0 bridgehead atoms. The highest BCUT2D eigenvalue weighted by Gasteiger charge is 2.35. The van der Waals surface area contributed by atoms with E-state index in [-0.39, 0.29) is 29.3 Å². The molecule has 1 aromatic carbocycles. The Morgan fingerprint density at radius 3 is 2.32 bits per heavy atom. The smallest absolute Gasteiger partial charge is 0.352 e. The third-order valence-electron chi connectivity index (χ3n) is 6.41. The molecular formula is C22H31F3N2O3S. The van der Waals surface area contributed by atoms with Gasteiger partial charge in [-0.05, 0) is 69.2 Å². The third-order valence-corrected chi connectivity index (χ3v) is 8.67. The van der Waals surface area contributed by atoms with Crippen molar-refractivity contribution in [2.24, 2.45) is 5.92 Å². The molecule has 2 aliphatic carbocycles. The zero-order valence-corrected chi connectivity index (χ0v) is 18.4. The summed E-state index contributed by atoms with van der Waals surface area (Å²) in [7, 11) is -3.80. The first kappa shape index (κ1) is 24.0. The van der Waals surface area contributed by atoms with Crippen LogP contribution < -0.4 is 10.6 Å². The van der Waals surface area contributed by atoms with Gasteiger partial charge in [0.25, 0.3) is 0 Å². The first-order valence-electron chi connectivity index (χ1n) is 11.1. The average Bonchev–Trinajstić information content (AvgIpc) is 2.74. The van der Waals surface area contributed by atoms with Crippen LogP contribution in [0.15, 0.2) is 29.2 Å². The predicted molar refractivity (Wildman–Crippen MR) is 112 cm³/mol. The second-order valence-corrected chi connectivity index (χ2v) is 11.0. The Kier molecular flexibility index (Phi) is 8.02. The third kappa shape index (κ3) is 6.68. The fourth-order valence-corrected chi connectivity index (χ4v) is 6.44. The van der Waals surface area contributed by atoms with E-state index in [4.69, 9.17) is 0 Å². The summed E-state index contributed by atoms with van der Waals surface area (Å²) in [6.07, 6.45) is 3.22. The van der Waals surface area contributed by atoms with E-state index in [9.17, 15) is 26.4 Å². The molecule has 0 saturated heterocycles. The van der Waals surface area contributed by atoms with Crippen LogP contribution in [0.2, 0.25) is 0 Å². The van der Waals surface area contributed by atoms with Crippen LogP contribution >= 0.6 is 0 Å². The van der Waals surface area contributed by atoms with Crippen LogP contribution in [0.3, 0.4) is 0 Å². The number of hydrogen-bond donors (Lipinski definition) is 2. The van der Waals surface area contributed by atoms with Crippen LogP contribution in [0.4, 0.5) is 13.2 Å². The molecule has 174 valence electrons. The van der Waals surface area contributed by atoms with Crippen LogP contribution in [0.25, 0.3) is 0 Å². The molecule has 2 aliphatic rings. The van der Waals surface area contributed by atoms with Crippen LogP contribution in [0, 0.1) is 5.92 Å². The molecule has 0 heterocycles. The maximum absolute atomic E-state index is 12.9. The Morgan fingerprint density at radius 1 is 1.00 bits per heavy atom. The highest BCUT2D eigenvalue weighted by atomic mass is 32.2. The molecule has 0 spiro atoms. The highest BCUT2D eigenvalue weighted by molar-refractivity contribution is 7.92. The van der Waals surface area contributed by atoms with Gasteiger partial charge in [-0.1, -0.05) is 25.3 Å². The number of halogens is 3. The van der Waals surface area contributed by atoms with Crippen molar-refractivity contribution in [1.82, 2.24) is 10.6 Å². The summed E-state index contributed by atoms with van der Waals surface area (Å²) in [5.41, 5.74) is -0.946. The number of nitrogens with one attached hydrogen (secondary N) is 2. The lowest BCUT2D eigenvalue weighted by Gasteiger charge is -2.29. The number of amides is 1. The number of sulfone groups is 1. The lowest BCUT2D eigenvalue weighted by molar-refractivity contribution is -0.137. The molecule has 2 N–H and O–H groups in total. The first-order chi connectivity index (χ1) is 14.7. The van der Waals surface area contributed by atoms with Gasteiger partial charge < -0.3 is 10.6 Å². The summed E-state index contributed by atoms with van der Waals surface area (Å²) in [4.78, 5) is 11.8. The van der Waals surface area contributed by atoms with Gasteiger partial charge in [0.2, 0.25) is 5.91 Å². The minimum atomic E-state index is -4.57. The minimum Gasteiger partial charge on any atom is -0.352 e. The number of carbonyl (C=O) groups is 1. The van der Waals surface area contributed by atoms with Gasteiger partial charge in [-0.2, -0.15) is 13.2 Å². The maximum atomic E-state index is 12.9. The predicted octanol–water partition coefficient (Wildman–Crippen LogP) is 4.08. The van der Waals surface area contributed by atoms with E-state index in [0.717, 1.165) is 43.9 Å². The van der Waals surface area contributed by atoms with E-state index in [0.29, 0.717) is 32.2 Å². The number of hydrogen-bond acceptors (Lipinski definition) is 4. The van der Waals surface area contributed by atoms with Crippen molar-refractivity contribution in [2.45, 2.75) is 80.2 Å². The van der Waals surface area contributed by atoms with Crippen LogP contribution in [-0.2, 0) is 20.8 Å². The van der Waals surface area contributed by atoms with E-state index >= 15 is 0 Å². The van der Waals surface area contributed by atoms with Crippen molar-refractivity contribution < 1.29 is 26.4 Å². The van der Waals surface area contributed by atoms with Gasteiger partial charge in [0.15, 0.2) is 9.84 Å². The number of benzene rings is 1. The quantitative estimate of drug-likeness (QED) is 0.643. The number of rotatable bonds is 7. The Hall–Kier alpha value is -1.61. The van der Waals surface area contributed by atoms with Crippen molar-refractivity contribution >= 4 is 15.7 Å². The summed E-state index contributed by atoms with van der Waals surface area (Å²) in [6.45, 7) is 0.882. The molecule has 31 heavy (non-hydrogen) atoms. The van der Waals surface area contributed by atoms with E-state index in [2.05, 4.69) is 10.6 Å². The van der Waals surface area contributed by atoms with Crippen LogP contribution in [0.1, 0.15) is 63.4 Å². The van der Waals surface area contributed by atoms with Gasteiger partial charge in [0.05, 0.1) is 22.3 Å². The molecule has 0 radical (unpaired) electrons. The largest absolute Gasteiger partial charge is 0.416 e. The lowest BCUT2D eigenvalue weighted by atomic mass is 9.89. The number of carbonyl (C=O) groups excluding carboxylic acids is 1. The molecule has 0 atom stereocenters. The topological polar surface area (TPSA) is 75.3 Å². The van der Waals surface area contributed by atoms with Gasteiger partial charge in [-0.15, -0.1) is 0 Å². The maximum Gasteiger partial charge on any atom is 0.416 e. The van der Waals surface area contributed by atoms with Crippen molar-refractivity contribution in [3.63, 3.8) is 0 Å². The highest BCUT2D eigenvalue weighted by Crippen LogP contribution is 2.34. The van der Waals surface area contributed by atoms with Crippen molar-refractivity contribution in [1.29, 1.82) is 0 Å². The molecule has 1 amide bonds. The van der Waals surface area contributed by atoms with Crippen molar-refractivity contribution in [3.05, 3.63) is 29.8 Å².